The van der Waals surface area contributed by atoms with Gasteiger partial charge in [0, 0.05) is 25.3 Å². The third-order valence-electron chi connectivity index (χ3n) is 2.89. The molecule has 1 unspecified atom stereocenters. The first-order chi connectivity index (χ1) is 9.21. The lowest BCUT2D eigenvalue weighted by molar-refractivity contribution is 0.0712. The van der Waals surface area contributed by atoms with Gasteiger partial charge in [0.25, 0.3) is 0 Å². The summed E-state index contributed by atoms with van der Waals surface area (Å²) in [4.78, 5) is 0. The van der Waals surface area contributed by atoms with E-state index < -0.39 is 0 Å². The minimum atomic E-state index is 0.0719. The van der Waals surface area contributed by atoms with E-state index in [2.05, 4.69) is 12.2 Å². The molecule has 1 aromatic rings. The summed E-state index contributed by atoms with van der Waals surface area (Å²) in [6.45, 7) is 6.47. The Labute approximate surface area is 116 Å². The number of ether oxygens (including phenoxy) is 3. The normalized spacial score (nSPS) is 12.2. The van der Waals surface area contributed by atoms with Crippen LogP contribution in [0.1, 0.15) is 25.8 Å². The molecular formula is C15H25NO3. The van der Waals surface area contributed by atoms with Crippen molar-refractivity contribution in [3.05, 3.63) is 23.8 Å². The van der Waals surface area contributed by atoms with Crippen LogP contribution in [0.3, 0.4) is 0 Å². The molecule has 1 N–H and O–H groups in total. The van der Waals surface area contributed by atoms with E-state index in [-0.39, 0.29) is 6.10 Å². The summed E-state index contributed by atoms with van der Waals surface area (Å²) in [7, 11) is 3.34. The zero-order valence-corrected chi connectivity index (χ0v) is 12.4. The topological polar surface area (TPSA) is 39.7 Å². The molecular weight excluding hydrogens is 242 g/mol. The fourth-order valence-corrected chi connectivity index (χ4v) is 1.62. The lowest BCUT2D eigenvalue weighted by Crippen LogP contribution is -2.18. The summed E-state index contributed by atoms with van der Waals surface area (Å²) in [6.07, 6.45) is 1.19. The Morgan fingerprint density at radius 3 is 2.68 bits per heavy atom. The average Bonchev–Trinajstić information content (AvgIpc) is 2.45. The second-order valence-electron chi connectivity index (χ2n) is 4.51. The maximum atomic E-state index is 5.82. The van der Waals surface area contributed by atoms with E-state index in [9.17, 15) is 0 Å². The minimum Gasteiger partial charge on any atom is -0.497 e. The second kappa shape index (κ2) is 8.77. The Bertz CT molecular complexity index is 368. The highest BCUT2D eigenvalue weighted by Gasteiger charge is 2.08. The van der Waals surface area contributed by atoms with E-state index in [0.717, 1.165) is 36.6 Å². The van der Waals surface area contributed by atoms with Crippen molar-refractivity contribution >= 4 is 0 Å². The van der Waals surface area contributed by atoms with Crippen LogP contribution in [0.5, 0.6) is 11.5 Å². The van der Waals surface area contributed by atoms with E-state index in [1.165, 1.54) is 0 Å². The predicted octanol–water partition coefficient (Wildman–Crippen LogP) is 2.61. The molecule has 1 atom stereocenters. The summed E-state index contributed by atoms with van der Waals surface area (Å²) in [5, 5.41) is 3.38. The van der Waals surface area contributed by atoms with Crippen molar-refractivity contribution in [3.8, 4) is 11.5 Å². The zero-order valence-electron chi connectivity index (χ0n) is 12.4. The molecule has 0 saturated carbocycles. The van der Waals surface area contributed by atoms with Crippen molar-refractivity contribution < 1.29 is 14.2 Å². The molecule has 0 aliphatic rings. The van der Waals surface area contributed by atoms with E-state index >= 15 is 0 Å². The van der Waals surface area contributed by atoms with Crippen LogP contribution in [-0.4, -0.2) is 33.5 Å². The molecule has 0 radical (unpaired) electrons. The molecule has 0 spiro atoms. The lowest BCUT2D eigenvalue weighted by atomic mass is 10.2. The molecule has 0 fully saturated rings. The van der Waals surface area contributed by atoms with Crippen molar-refractivity contribution in [1.82, 2.24) is 5.32 Å². The smallest absolute Gasteiger partial charge is 0.127 e. The van der Waals surface area contributed by atoms with Crippen LogP contribution in [0.4, 0.5) is 0 Å². The number of hydrogen-bond acceptors (Lipinski definition) is 4. The third-order valence-corrected chi connectivity index (χ3v) is 2.89. The summed E-state index contributed by atoms with van der Waals surface area (Å²) in [6, 6.07) is 5.91. The van der Waals surface area contributed by atoms with E-state index in [1.54, 1.807) is 14.2 Å². The Morgan fingerprint density at radius 2 is 2.05 bits per heavy atom. The van der Waals surface area contributed by atoms with Gasteiger partial charge in [-0.25, -0.2) is 0 Å². The Morgan fingerprint density at radius 1 is 1.26 bits per heavy atom. The Kier molecular flexibility index (Phi) is 7.30. The van der Waals surface area contributed by atoms with Crippen molar-refractivity contribution in [2.45, 2.75) is 32.9 Å². The summed E-state index contributed by atoms with van der Waals surface area (Å²) < 4.78 is 16.2. The molecule has 0 saturated heterocycles. The van der Waals surface area contributed by atoms with Crippen molar-refractivity contribution in [2.75, 3.05) is 27.4 Å². The predicted molar refractivity (Wildman–Crippen MR) is 77.0 cm³/mol. The molecule has 4 nitrogen and oxygen atoms in total. The lowest BCUT2D eigenvalue weighted by Gasteiger charge is -2.16. The summed E-state index contributed by atoms with van der Waals surface area (Å²) >= 11 is 0. The van der Waals surface area contributed by atoms with E-state index in [1.807, 2.05) is 25.1 Å². The monoisotopic (exact) mass is 267 g/mol. The first-order valence-corrected chi connectivity index (χ1v) is 6.74. The van der Waals surface area contributed by atoms with Gasteiger partial charge in [-0.05, 0) is 26.0 Å². The Hall–Kier alpha value is -1.26. The fourth-order valence-electron chi connectivity index (χ4n) is 1.62. The molecule has 0 aliphatic heterocycles. The van der Waals surface area contributed by atoms with Crippen LogP contribution < -0.4 is 14.8 Å². The van der Waals surface area contributed by atoms with Crippen LogP contribution in [0.25, 0.3) is 0 Å². The molecule has 19 heavy (non-hydrogen) atoms. The van der Waals surface area contributed by atoms with Gasteiger partial charge in [-0.3, -0.25) is 0 Å². The largest absolute Gasteiger partial charge is 0.497 e. The SMILES string of the molecule is CCCNCc1ccc(OC)cc1OCC(C)OC. The molecule has 0 heterocycles. The zero-order chi connectivity index (χ0) is 14.1. The molecule has 0 aliphatic carbocycles. The average molecular weight is 267 g/mol. The summed E-state index contributed by atoms with van der Waals surface area (Å²) in [5.74, 6) is 1.66. The highest BCUT2D eigenvalue weighted by Crippen LogP contribution is 2.25. The van der Waals surface area contributed by atoms with E-state index in [4.69, 9.17) is 14.2 Å². The van der Waals surface area contributed by atoms with E-state index in [0.29, 0.717) is 6.61 Å². The number of benzene rings is 1. The number of rotatable bonds is 9. The highest BCUT2D eigenvalue weighted by atomic mass is 16.5. The fraction of sp³-hybridized carbons (Fsp3) is 0.600. The maximum Gasteiger partial charge on any atom is 0.127 e. The number of methoxy groups -OCH3 is 2. The molecule has 1 rings (SSSR count). The van der Waals surface area contributed by atoms with Gasteiger partial charge < -0.3 is 19.5 Å². The highest BCUT2D eigenvalue weighted by molar-refractivity contribution is 5.40. The Balaban J connectivity index is 2.71. The first-order valence-electron chi connectivity index (χ1n) is 6.74. The molecule has 4 heteroatoms. The van der Waals surface area contributed by atoms with Crippen LogP contribution in [0.2, 0.25) is 0 Å². The van der Waals surface area contributed by atoms with Crippen molar-refractivity contribution in [1.29, 1.82) is 0 Å². The van der Waals surface area contributed by atoms with Crippen LogP contribution >= 0.6 is 0 Å². The maximum absolute atomic E-state index is 5.82. The van der Waals surface area contributed by atoms with Crippen LogP contribution in [0.15, 0.2) is 18.2 Å². The van der Waals surface area contributed by atoms with Gasteiger partial charge in [0.15, 0.2) is 0 Å². The number of nitrogens with one attached hydrogen (secondary N) is 1. The molecule has 0 bridgehead atoms. The summed E-state index contributed by atoms with van der Waals surface area (Å²) in [5.41, 5.74) is 1.14. The van der Waals surface area contributed by atoms with Gasteiger partial charge in [-0.2, -0.15) is 0 Å². The molecule has 0 aromatic heterocycles. The van der Waals surface area contributed by atoms with Gasteiger partial charge in [-0.1, -0.05) is 13.0 Å². The molecule has 108 valence electrons. The second-order valence-corrected chi connectivity index (χ2v) is 4.51. The van der Waals surface area contributed by atoms with Gasteiger partial charge >= 0.3 is 0 Å². The minimum absolute atomic E-state index is 0.0719. The molecule has 1 aromatic carbocycles. The standard InChI is InChI=1S/C15H25NO3/c1-5-8-16-10-13-6-7-14(18-4)9-15(13)19-11-12(2)17-3/h6-7,9,12,16H,5,8,10-11H2,1-4H3. The first kappa shape index (κ1) is 15.8. The van der Waals surface area contributed by atoms with Gasteiger partial charge in [-0.15, -0.1) is 0 Å². The van der Waals surface area contributed by atoms with Crippen LogP contribution in [0, 0.1) is 0 Å². The quantitative estimate of drug-likeness (QED) is 0.698. The van der Waals surface area contributed by atoms with Gasteiger partial charge in [0.1, 0.15) is 18.1 Å². The van der Waals surface area contributed by atoms with Gasteiger partial charge in [0.2, 0.25) is 0 Å². The van der Waals surface area contributed by atoms with Crippen molar-refractivity contribution in [3.63, 3.8) is 0 Å². The van der Waals surface area contributed by atoms with Crippen molar-refractivity contribution in [2.24, 2.45) is 0 Å². The van der Waals surface area contributed by atoms with Crippen LogP contribution in [-0.2, 0) is 11.3 Å². The molecule has 0 amide bonds. The van der Waals surface area contributed by atoms with Gasteiger partial charge in [0.05, 0.1) is 13.2 Å². The number of hydrogen-bond donors (Lipinski definition) is 1. The third kappa shape index (κ3) is 5.49.